The van der Waals surface area contributed by atoms with Crippen LogP contribution in [0, 0.1) is 0 Å². The first kappa shape index (κ1) is 15.1. The van der Waals surface area contributed by atoms with Gasteiger partial charge in [0.25, 0.3) is 0 Å². The summed E-state index contributed by atoms with van der Waals surface area (Å²) in [6, 6.07) is 0. The minimum Gasteiger partial charge on any atom is -0.481 e. The Morgan fingerprint density at radius 2 is 1.76 bits per heavy atom. The molecule has 1 unspecified atom stereocenters. The monoisotopic (exact) mass is 246 g/mol. The first-order valence-corrected chi connectivity index (χ1v) is 4.80. The minimum absolute atomic E-state index is 0.269. The van der Waals surface area contributed by atoms with Crippen LogP contribution in [0.15, 0.2) is 12.7 Å². The average Bonchev–Trinajstić information content (AvgIpc) is 2.30. The van der Waals surface area contributed by atoms with Crippen molar-refractivity contribution in [1.29, 1.82) is 0 Å². The number of aliphatic hydroxyl groups is 1. The van der Waals surface area contributed by atoms with E-state index < -0.39 is 24.0 Å². The van der Waals surface area contributed by atoms with Gasteiger partial charge in [0.1, 0.15) is 19.3 Å². The number of carbonyl (C=O) groups excluding carboxylic acids is 2. The fourth-order valence-corrected chi connectivity index (χ4v) is 0.756. The van der Waals surface area contributed by atoms with E-state index >= 15 is 0 Å². The quantitative estimate of drug-likeness (QED) is 0.438. The molecule has 0 aromatic rings. The highest BCUT2D eigenvalue weighted by Gasteiger charge is 2.11. The third-order valence-electron chi connectivity index (χ3n) is 1.56. The van der Waals surface area contributed by atoms with E-state index in [0.717, 1.165) is 6.08 Å². The van der Waals surface area contributed by atoms with Crippen molar-refractivity contribution >= 4 is 17.9 Å². The van der Waals surface area contributed by atoms with E-state index in [4.69, 9.17) is 5.11 Å². The maximum Gasteiger partial charge on any atom is 0.330 e. The average molecular weight is 246 g/mol. The van der Waals surface area contributed by atoms with Crippen LogP contribution in [0.4, 0.5) is 0 Å². The van der Waals surface area contributed by atoms with E-state index in [1.807, 2.05) is 0 Å². The van der Waals surface area contributed by atoms with Crippen LogP contribution < -0.4 is 0 Å². The largest absolute Gasteiger partial charge is 0.481 e. The summed E-state index contributed by atoms with van der Waals surface area (Å²) in [4.78, 5) is 31.7. The number of carboxylic acid groups (broad SMARTS) is 1. The van der Waals surface area contributed by atoms with Crippen molar-refractivity contribution in [3.05, 3.63) is 12.7 Å². The number of aliphatic carboxylic acids is 1. The van der Waals surface area contributed by atoms with Crippen molar-refractivity contribution in [3.8, 4) is 0 Å². The van der Waals surface area contributed by atoms with Gasteiger partial charge in [-0.25, -0.2) is 4.79 Å². The highest BCUT2D eigenvalue weighted by atomic mass is 16.6. The van der Waals surface area contributed by atoms with Crippen LogP contribution in [0.3, 0.4) is 0 Å². The molecule has 0 aliphatic heterocycles. The van der Waals surface area contributed by atoms with Gasteiger partial charge in [-0.15, -0.1) is 0 Å². The Morgan fingerprint density at radius 3 is 2.29 bits per heavy atom. The summed E-state index contributed by atoms with van der Waals surface area (Å²) >= 11 is 0. The van der Waals surface area contributed by atoms with Gasteiger partial charge >= 0.3 is 17.9 Å². The Hall–Kier alpha value is -1.89. The van der Waals surface area contributed by atoms with Crippen molar-refractivity contribution in [3.63, 3.8) is 0 Å². The molecule has 0 saturated heterocycles. The van der Waals surface area contributed by atoms with E-state index in [0.29, 0.717) is 0 Å². The zero-order valence-corrected chi connectivity index (χ0v) is 9.13. The summed E-state index contributed by atoms with van der Waals surface area (Å²) in [5.74, 6) is -2.54. The van der Waals surface area contributed by atoms with E-state index in [1.165, 1.54) is 0 Å². The first-order valence-electron chi connectivity index (χ1n) is 4.80. The smallest absolute Gasteiger partial charge is 0.330 e. The molecule has 0 aliphatic rings. The van der Waals surface area contributed by atoms with Gasteiger partial charge < -0.3 is 19.7 Å². The van der Waals surface area contributed by atoms with Crippen molar-refractivity contribution in [1.82, 2.24) is 0 Å². The molecule has 96 valence electrons. The van der Waals surface area contributed by atoms with Gasteiger partial charge in [0, 0.05) is 6.08 Å². The van der Waals surface area contributed by atoms with Gasteiger partial charge in [-0.3, -0.25) is 9.59 Å². The lowest BCUT2D eigenvalue weighted by molar-refractivity contribution is -0.152. The van der Waals surface area contributed by atoms with Crippen LogP contribution in [0.25, 0.3) is 0 Å². The van der Waals surface area contributed by atoms with Crippen molar-refractivity contribution < 1.29 is 34.1 Å². The molecule has 0 bridgehead atoms. The second-order valence-corrected chi connectivity index (χ2v) is 3.06. The van der Waals surface area contributed by atoms with E-state index in [-0.39, 0.29) is 26.1 Å². The molecule has 0 spiro atoms. The molecule has 0 radical (unpaired) electrons. The number of hydrogen-bond acceptors (Lipinski definition) is 6. The topological polar surface area (TPSA) is 110 Å². The lowest BCUT2D eigenvalue weighted by atomic mass is 10.3. The molecule has 0 rings (SSSR count). The second-order valence-electron chi connectivity index (χ2n) is 3.06. The van der Waals surface area contributed by atoms with Crippen molar-refractivity contribution in [2.45, 2.75) is 18.9 Å². The Kier molecular flexibility index (Phi) is 7.36. The van der Waals surface area contributed by atoms with Crippen LogP contribution in [-0.4, -0.2) is 47.4 Å². The minimum atomic E-state index is -1.15. The van der Waals surface area contributed by atoms with Crippen molar-refractivity contribution in [2.24, 2.45) is 0 Å². The molecule has 0 fully saturated rings. The SMILES string of the molecule is C=CC(=O)OCC(O)COC(=O)CCC(=O)O. The summed E-state index contributed by atoms with van der Waals surface area (Å²) in [6.07, 6.45) is -0.812. The lowest BCUT2D eigenvalue weighted by Crippen LogP contribution is -2.25. The standard InChI is InChI=1S/C10H14O7/c1-2-9(14)16-5-7(11)6-17-10(15)4-3-8(12)13/h2,7,11H,1,3-6H2,(H,12,13). The molecular weight excluding hydrogens is 232 g/mol. The molecule has 17 heavy (non-hydrogen) atoms. The summed E-state index contributed by atoms with van der Waals surface area (Å²) in [5.41, 5.74) is 0. The summed E-state index contributed by atoms with van der Waals surface area (Å²) in [5, 5.41) is 17.5. The summed E-state index contributed by atoms with van der Waals surface area (Å²) in [6.45, 7) is 2.48. The third-order valence-corrected chi connectivity index (χ3v) is 1.56. The number of hydrogen-bond donors (Lipinski definition) is 2. The molecule has 0 aliphatic carbocycles. The number of carbonyl (C=O) groups is 3. The molecule has 0 heterocycles. The number of aliphatic hydroxyl groups excluding tert-OH is 1. The van der Waals surface area contributed by atoms with E-state index in [9.17, 15) is 19.5 Å². The van der Waals surface area contributed by atoms with Crippen LogP contribution in [-0.2, 0) is 23.9 Å². The number of carboxylic acids is 1. The van der Waals surface area contributed by atoms with Crippen LogP contribution in [0.1, 0.15) is 12.8 Å². The highest BCUT2D eigenvalue weighted by molar-refractivity contribution is 5.81. The number of esters is 2. The van der Waals surface area contributed by atoms with Crippen molar-refractivity contribution in [2.75, 3.05) is 13.2 Å². The Bertz CT molecular complexity index is 297. The number of ether oxygens (including phenoxy) is 2. The van der Waals surface area contributed by atoms with Gasteiger partial charge in [-0.2, -0.15) is 0 Å². The third kappa shape index (κ3) is 9.06. The molecule has 0 amide bonds. The molecule has 2 N–H and O–H groups in total. The molecule has 0 aromatic carbocycles. The van der Waals surface area contributed by atoms with Gasteiger partial charge in [-0.1, -0.05) is 6.58 Å². The maximum absolute atomic E-state index is 10.9. The van der Waals surface area contributed by atoms with E-state index in [2.05, 4.69) is 16.1 Å². The molecule has 0 saturated carbocycles. The van der Waals surface area contributed by atoms with Gasteiger partial charge in [0.2, 0.25) is 0 Å². The lowest BCUT2D eigenvalue weighted by Gasteiger charge is -2.10. The summed E-state index contributed by atoms with van der Waals surface area (Å²) < 4.78 is 9.04. The van der Waals surface area contributed by atoms with Crippen LogP contribution >= 0.6 is 0 Å². The fourth-order valence-electron chi connectivity index (χ4n) is 0.756. The highest BCUT2D eigenvalue weighted by Crippen LogP contribution is 1.95. The molecular formula is C10H14O7. The predicted molar refractivity (Wildman–Crippen MR) is 55.0 cm³/mol. The normalized spacial score (nSPS) is 11.4. The van der Waals surface area contributed by atoms with Gasteiger partial charge in [0.05, 0.1) is 12.8 Å². The van der Waals surface area contributed by atoms with Crippen LogP contribution in [0.2, 0.25) is 0 Å². The molecule has 7 nitrogen and oxygen atoms in total. The second kappa shape index (κ2) is 8.28. The van der Waals surface area contributed by atoms with Gasteiger partial charge in [-0.05, 0) is 0 Å². The Morgan fingerprint density at radius 1 is 1.18 bits per heavy atom. The Labute approximate surface area is 97.6 Å². The first-order chi connectivity index (χ1) is 7.95. The maximum atomic E-state index is 10.9. The van der Waals surface area contributed by atoms with Gasteiger partial charge in [0.15, 0.2) is 0 Å². The molecule has 7 heteroatoms. The zero-order chi connectivity index (χ0) is 13.3. The van der Waals surface area contributed by atoms with E-state index in [1.54, 1.807) is 0 Å². The Balaban J connectivity index is 3.65. The zero-order valence-electron chi connectivity index (χ0n) is 9.13. The molecule has 0 aromatic heterocycles. The summed E-state index contributed by atoms with van der Waals surface area (Å²) in [7, 11) is 0. The number of rotatable bonds is 8. The fraction of sp³-hybridized carbons (Fsp3) is 0.500. The molecule has 1 atom stereocenters. The van der Waals surface area contributed by atoms with Crippen LogP contribution in [0.5, 0.6) is 0 Å². The predicted octanol–water partition coefficient (Wildman–Crippen LogP) is -0.516.